The summed E-state index contributed by atoms with van der Waals surface area (Å²) in [4.78, 5) is 10.6. The summed E-state index contributed by atoms with van der Waals surface area (Å²) in [5.41, 5.74) is 2.24. The molecule has 0 saturated carbocycles. The Hall–Kier alpha value is -1.95. The molecule has 0 atom stereocenters. The number of nitrogens with zero attached hydrogens (tertiary/aromatic N) is 4. The third kappa shape index (κ3) is 3.39. The number of rotatable bonds is 4. The van der Waals surface area contributed by atoms with Gasteiger partial charge in [0.1, 0.15) is 17.9 Å². The Kier molecular flexibility index (Phi) is 4.15. The first-order valence-electron chi connectivity index (χ1n) is 7.39. The fourth-order valence-electron chi connectivity index (χ4n) is 2.77. The predicted octanol–water partition coefficient (Wildman–Crippen LogP) is 2.16. The maximum absolute atomic E-state index is 5.23. The Morgan fingerprint density at radius 1 is 1.33 bits per heavy atom. The van der Waals surface area contributed by atoms with Crippen molar-refractivity contribution in [2.45, 2.75) is 39.3 Å². The lowest BCUT2D eigenvalue weighted by atomic mass is 10.0. The zero-order valence-electron chi connectivity index (χ0n) is 12.5. The van der Waals surface area contributed by atoms with Gasteiger partial charge in [-0.2, -0.15) is 0 Å². The van der Waals surface area contributed by atoms with Crippen LogP contribution in [0.4, 0.5) is 5.82 Å². The van der Waals surface area contributed by atoms with E-state index in [2.05, 4.69) is 25.3 Å². The van der Waals surface area contributed by atoms with E-state index >= 15 is 0 Å². The molecular formula is C15H21N5O. The van der Waals surface area contributed by atoms with Crippen molar-refractivity contribution < 1.29 is 4.52 Å². The molecule has 2 aromatic rings. The second kappa shape index (κ2) is 6.22. The molecule has 0 aliphatic carbocycles. The highest BCUT2D eigenvalue weighted by atomic mass is 16.5. The van der Waals surface area contributed by atoms with Crippen LogP contribution in [0, 0.1) is 13.8 Å². The number of aromatic nitrogens is 3. The van der Waals surface area contributed by atoms with Crippen LogP contribution in [-0.4, -0.2) is 39.2 Å². The van der Waals surface area contributed by atoms with E-state index in [9.17, 15) is 0 Å². The monoisotopic (exact) mass is 287 g/mol. The molecule has 0 radical (unpaired) electrons. The SMILES string of the molecule is Cc1noc(C)c1CN1CCC(Nc2ccncn2)CC1. The second-order valence-corrected chi connectivity index (χ2v) is 5.59. The molecule has 6 nitrogen and oxygen atoms in total. The molecule has 21 heavy (non-hydrogen) atoms. The molecule has 3 heterocycles. The summed E-state index contributed by atoms with van der Waals surface area (Å²) in [6.45, 7) is 7.08. The third-order valence-corrected chi connectivity index (χ3v) is 4.08. The van der Waals surface area contributed by atoms with Crippen LogP contribution in [0.3, 0.4) is 0 Å². The van der Waals surface area contributed by atoms with Gasteiger partial charge in [0.05, 0.1) is 5.69 Å². The lowest BCUT2D eigenvalue weighted by Gasteiger charge is -2.32. The highest BCUT2D eigenvalue weighted by molar-refractivity contribution is 5.33. The van der Waals surface area contributed by atoms with Gasteiger partial charge in [-0.05, 0) is 32.8 Å². The van der Waals surface area contributed by atoms with Gasteiger partial charge in [-0.3, -0.25) is 4.90 Å². The molecule has 2 aromatic heterocycles. The largest absolute Gasteiger partial charge is 0.367 e. The Labute approximate surface area is 124 Å². The van der Waals surface area contributed by atoms with E-state index < -0.39 is 0 Å². The first-order valence-corrected chi connectivity index (χ1v) is 7.39. The standard InChI is InChI=1S/C15H21N5O/c1-11-14(12(2)21-19-11)9-20-7-4-13(5-8-20)18-15-3-6-16-10-17-15/h3,6,10,13H,4-5,7-9H2,1-2H3,(H,16,17,18). The molecule has 0 spiro atoms. The highest BCUT2D eigenvalue weighted by Crippen LogP contribution is 2.20. The van der Waals surface area contributed by atoms with Crippen LogP contribution in [0.1, 0.15) is 29.9 Å². The lowest BCUT2D eigenvalue weighted by molar-refractivity contribution is 0.210. The summed E-state index contributed by atoms with van der Waals surface area (Å²) in [5.74, 6) is 1.85. The molecule has 0 bridgehead atoms. The van der Waals surface area contributed by atoms with Gasteiger partial charge in [0, 0.05) is 37.4 Å². The van der Waals surface area contributed by atoms with Crippen molar-refractivity contribution in [2.75, 3.05) is 18.4 Å². The topological polar surface area (TPSA) is 67.1 Å². The molecule has 0 aromatic carbocycles. The van der Waals surface area contributed by atoms with Crippen LogP contribution < -0.4 is 5.32 Å². The molecule has 112 valence electrons. The predicted molar refractivity (Wildman–Crippen MR) is 79.9 cm³/mol. The third-order valence-electron chi connectivity index (χ3n) is 4.08. The number of piperidine rings is 1. The summed E-state index contributed by atoms with van der Waals surface area (Å²) in [5, 5.41) is 7.50. The van der Waals surface area contributed by atoms with Crippen molar-refractivity contribution in [1.29, 1.82) is 0 Å². The van der Waals surface area contributed by atoms with Crippen LogP contribution in [0.5, 0.6) is 0 Å². The molecule has 0 unspecified atom stereocenters. The number of nitrogens with one attached hydrogen (secondary N) is 1. The average Bonchev–Trinajstić information content (AvgIpc) is 2.82. The van der Waals surface area contributed by atoms with Gasteiger partial charge in [0.2, 0.25) is 0 Å². The zero-order valence-corrected chi connectivity index (χ0v) is 12.5. The van der Waals surface area contributed by atoms with Crippen LogP contribution in [-0.2, 0) is 6.54 Å². The smallest absolute Gasteiger partial charge is 0.138 e. The van der Waals surface area contributed by atoms with Gasteiger partial charge >= 0.3 is 0 Å². The summed E-state index contributed by atoms with van der Waals surface area (Å²) in [6.07, 6.45) is 5.58. The average molecular weight is 287 g/mol. The number of likely N-dealkylation sites (tertiary alicyclic amines) is 1. The van der Waals surface area contributed by atoms with E-state index in [0.29, 0.717) is 6.04 Å². The Bertz CT molecular complexity index is 556. The number of anilines is 1. The molecular weight excluding hydrogens is 266 g/mol. The number of aryl methyl sites for hydroxylation is 2. The van der Waals surface area contributed by atoms with Crippen molar-refractivity contribution in [3.05, 3.63) is 35.6 Å². The van der Waals surface area contributed by atoms with E-state index in [1.54, 1.807) is 12.5 Å². The summed E-state index contributed by atoms with van der Waals surface area (Å²) >= 11 is 0. The van der Waals surface area contributed by atoms with Crippen LogP contribution >= 0.6 is 0 Å². The van der Waals surface area contributed by atoms with Crippen molar-refractivity contribution in [3.8, 4) is 0 Å². The van der Waals surface area contributed by atoms with Gasteiger partial charge in [-0.25, -0.2) is 9.97 Å². The molecule has 1 saturated heterocycles. The Morgan fingerprint density at radius 3 is 2.76 bits per heavy atom. The molecule has 1 aliphatic rings. The maximum atomic E-state index is 5.23. The molecule has 1 fully saturated rings. The summed E-state index contributed by atoms with van der Waals surface area (Å²) in [6, 6.07) is 2.40. The quantitative estimate of drug-likeness (QED) is 0.929. The Balaban J connectivity index is 1.51. The van der Waals surface area contributed by atoms with E-state index in [4.69, 9.17) is 4.52 Å². The zero-order chi connectivity index (χ0) is 14.7. The van der Waals surface area contributed by atoms with Crippen LogP contribution in [0.25, 0.3) is 0 Å². The van der Waals surface area contributed by atoms with E-state index in [1.165, 1.54) is 5.56 Å². The van der Waals surface area contributed by atoms with Gasteiger partial charge in [0.25, 0.3) is 0 Å². The molecule has 1 N–H and O–H groups in total. The van der Waals surface area contributed by atoms with Gasteiger partial charge in [-0.1, -0.05) is 5.16 Å². The minimum Gasteiger partial charge on any atom is -0.367 e. The van der Waals surface area contributed by atoms with E-state index in [1.807, 2.05) is 19.9 Å². The molecule has 1 aliphatic heterocycles. The minimum absolute atomic E-state index is 0.487. The highest BCUT2D eigenvalue weighted by Gasteiger charge is 2.21. The van der Waals surface area contributed by atoms with Crippen LogP contribution in [0.15, 0.2) is 23.1 Å². The fraction of sp³-hybridized carbons (Fsp3) is 0.533. The maximum Gasteiger partial charge on any atom is 0.138 e. The van der Waals surface area contributed by atoms with Gasteiger partial charge in [-0.15, -0.1) is 0 Å². The number of hydrogen-bond acceptors (Lipinski definition) is 6. The molecule has 3 rings (SSSR count). The van der Waals surface area contributed by atoms with Crippen molar-refractivity contribution >= 4 is 5.82 Å². The van der Waals surface area contributed by atoms with Crippen molar-refractivity contribution in [1.82, 2.24) is 20.0 Å². The van der Waals surface area contributed by atoms with Crippen LogP contribution in [0.2, 0.25) is 0 Å². The first-order chi connectivity index (χ1) is 10.2. The normalized spacial score (nSPS) is 17.0. The van der Waals surface area contributed by atoms with E-state index in [0.717, 1.165) is 49.7 Å². The van der Waals surface area contributed by atoms with Crippen molar-refractivity contribution in [3.63, 3.8) is 0 Å². The fourth-order valence-corrected chi connectivity index (χ4v) is 2.77. The molecule has 6 heteroatoms. The van der Waals surface area contributed by atoms with Gasteiger partial charge in [0.15, 0.2) is 0 Å². The second-order valence-electron chi connectivity index (χ2n) is 5.59. The van der Waals surface area contributed by atoms with Crippen molar-refractivity contribution in [2.24, 2.45) is 0 Å². The summed E-state index contributed by atoms with van der Waals surface area (Å²) < 4.78 is 5.23. The molecule has 0 amide bonds. The van der Waals surface area contributed by atoms with E-state index in [-0.39, 0.29) is 0 Å². The van der Waals surface area contributed by atoms with Gasteiger partial charge < -0.3 is 9.84 Å². The first kappa shape index (κ1) is 14.0. The Morgan fingerprint density at radius 2 is 2.14 bits per heavy atom. The lowest BCUT2D eigenvalue weighted by Crippen LogP contribution is -2.38. The number of hydrogen-bond donors (Lipinski definition) is 1. The summed E-state index contributed by atoms with van der Waals surface area (Å²) in [7, 11) is 0. The minimum atomic E-state index is 0.487.